The molecule has 56 valence electrons. The first kappa shape index (κ1) is 8.84. The van der Waals surface area contributed by atoms with E-state index < -0.39 is 24.9 Å². The SMILES string of the molecule is C[C@@H](O)[C@@H](O)C(O)CO. The quantitative estimate of drug-likeness (QED) is 0.364. The molecule has 4 N–H and O–H groups in total. The maximum atomic E-state index is 8.73. The van der Waals surface area contributed by atoms with Crippen molar-refractivity contribution in [3.8, 4) is 0 Å². The smallest absolute Gasteiger partial charge is 0.108 e. The normalized spacial score (nSPS) is 21.0. The summed E-state index contributed by atoms with van der Waals surface area (Å²) in [5, 5.41) is 34.2. The maximum Gasteiger partial charge on any atom is 0.108 e. The Morgan fingerprint density at radius 2 is 1.67 bits per heavy atom. The summed E-state index contributed by atoms with van der Waals surface area (Å²) in [4.78, 5) is 0. The second-order valence-corrected chi connectivity index (χ2v) is 1.98. The van der Waals surface area contributed by atoms with E-state index in [-0.39, 0.29) is 0 Å². The Labute approximate surface area is 53.4 Å². The fraction of sp³-hybridized carbons (Fsp3) is 1.00. The molecule has 0 aromatic rings. The van der Waals surface area contributed by atoms with E-state index in [0.29, 0.717) is 0 Å². The molecule has 0 spiro atoms. The predicted molar refractivity (Wildman–Crippen MR) is 30.8 cm³/mol. The highest BCUT2D eigenvalue weighted by atomic mass is 16.4. The minimum absolute atomic E-state index is 0.536. The highest BCUT2D eigenvalue weighted by Gasteiger charge is 2.19. The van der Waals surface area contributed by atoms with Crippen molar-refractivity contribution in [2.75, 3.05) is 6.61 Å². The molecule has 9 heavy (non-hydrogen) atoms. The second-order valence-electron chi connectivity index (χ2n) is 1.98. The number of hydrogen-bond acceptors (Lipinski definition) is 4. The zero-order valence-corrected chi connectivity index (χ0v) is 5.23. The molecule has 0 aromatic carbocycles. The van der Waals surface area contributed by atoms with Crippen molar-refractivity contribution in [2.45, 2.75) is 25.2 Å². The number of aliphatic hydroxyl groups excluding tert-OH is 4. The largest absolute Gasteiger partial charge is 0.394 e. The van der Waals surface area contributed by atoms with Crippen molar-refractivity contribution in [3.63, 3.8) is 0 Å². The van der Waals surface area contributed by atoms with Crippen LogP contribution in [0.3, 0.4) is 0 Å². The molecule has 0 heterocycles. The van der Waals surface area contributed by atoms with E-state index >= 15 is 0 Å². The minimum atomic E-state index is -1.25. The average molecular weight is 136 g/mol. The van der Waals surface area contributed by atoms with Crippen LogP contribution in [0.4, 0.5) is 0 Å². The van der Waals surface area contributed by atoms with Gasteiger partial charge in [-0.1, -0.05) is 0 Å². The zero-order chi connectivity index (χ0) is 7.44. The van der Waals surface area contributed by atoms with Gasteiger partial charge < -0.3 is 20.4 Å². The van der Waals surface area contributed by atoms with Gasteiger partial charge in [0.25, 0.3) is 0 Å². The van der Waals surface area contributed by atoms with Gasteiger partial charge in [0.05, 0.1) is 12.7 Å². The molecule has 0 amide bonds. The van der Waals surface area contributed by atoms with Gasteiger partial charge in [-0.2, -0.15) is 0 Å². The van der Waals surface area contributed by atoms with Crippen LogP contribution in [0.5, 0.6) is 0 Å². The van der Waals surface area contributed by atoms with Crippen molar-refractivity contribution >= 4 is 0 Å². The van der Waals surface area contributed by atoms with Crippen LogP contribution < -0.4 is 0 Å². The van der Waals surface area contributed by atoms with E-state index in [1.807, 2.05) is 0 Å². The van der Waals surface area contributed by atoms with Crippen LogP contribution >= 0.6 is 0 Å². The van der Waals surface area contributed by atoms with Crippen LogP contribution in [0.25, 0.3) is 0 Å². The van der Waals surface area contributed by atoms with Crippen LogP contribution in [-0.2, 0) is 0 Å². The first-order valence-corrected chi connectivity index (χ1v) is 2.74. The predicted octanol–water partition coefficient (Wildman–Crippen LogP) is -1.92. The van der Waals surface area contributed by atoms with E-state index in [1.165, 1.54) is 6.92 Å². The topological polar surface area (TPSA) is 80.9 Å². The van der Waals surface area contributed by atoms with Gasteiger partial charge in [-0.05, 0) is 6.92 Å². The Morgan fingerprint density at radius 1 is 1.22 bits per heavy atom. The van der Waals surface area contributed by atoms with Gasteiger partial charge in [0.15, 0.2) is 0 Å². The molecule has 4 heteroatoms. The van der Waals surface area contributed by atoms with Crippen molar-refractivity contribution in [1.82, 2.24) is 0 Å². The number of hydrogen-bond donors (Lipinski definition) is 4. The molecule has 0 aliphatic carbocycles. The summed E-state index contributed by atoms with van der Waals surface area (Å²) < 4.78 is 0. The standard InChI is InChI=1S/C5H12O4/c1-3(7)5(9)4(8)2-6/h3-9H,2H2,1H3/t3-,4?,5-/m1/s1. The van der Waals surface area contributed by atoms with E-state index in [4.69, 9.17) is 20.4 Å². The van der Waals surface area contributed by atoms with Crippen LogP contribution in [0, 0.1) is 0 Å². The molecular formula is C5H12O4. The Hall–Kier alpha value is -0.160. The fourth-order valence-electron chi connectivity index (χ4n) is 0.429. The van der Waals surface area contributed by atoms with Crippen LogP contribution in [0.2, 0.25) is 0 Å². The van der Waals surface area contributed by atoms with Crippen molar-refractivity contribution in [2.24, 2.45) is 0 Å². The van der Waals surface area contributed by atoms with Gasteiger partial charge in [-0.25, -0.2) is 0 Å². The lowest BCUT2D eigenvalue weighted by Crippen LogP contribution is -2.37. The first-order chi connectivity index (χ1) is 4.09. The van der Waals surface area contributed by atoms with Crippen molar-refractivity contribution in [3.05, 3.63) is 0 Å². The fourth-order valence-corrected chi connectivity index (χ4v) is 0.429. The van der Waals surface area contributed by atoms with E-state index in [1.54, 1.807) is 0 Å². The molecule has 0 aromatic heterocycles. The summed E-state index contributed by atoms with van der Waals surface area (Å²) in [6.45, 7) is 0.801. The van der Waals surface area contributed by atoms with Gasteiger partial charge in [0.2, 0.25) is 0 Å². The van der Waals surface area contributed by atoms with E-state index in [9.17, 15) is 0 Å². The molecule has 0 saturated heterocycles. The van der Waals surface area contributed by atoms with Gasteiger partial charge in [-0.3, -0.25) is 0 Å². The molecule has 1 unspecified atom stereocenters. The summed E-state index contributed by atoms with van der Waals surface area (Å²) in [7, 11) is 0. The Bertz CT molecular complexity index is 73.4. The van der Waals surface area contributed by atoms with Gasteiger partial charge in [0, 0.05) is 0 Å². The lowest BCUT2D eigenvalue weighted by molar-refractivity contribution is -0.0698. The highest BCUT2D eigenvalue weighted by molar-refractivity contribution is 4.70. The molecule has 0 bridgehead atoms. The van der Waals surface area contributed by atoms with Crippen LogP contribution in [-0.4, -0.2) is 45.3 Å². The average Bonchev–Trinajstić information content (AvgIpc) is 1.84. The molecule has 0 aliphatic rings. The molecular weight excluding hydrogens is 124 g/mol. The van der Waals surface area contributed by atoms with E-state index in [0.717, 1.165) is 0 Å². The third-order valence-electron chi connectivity index (χ3n) is 1.08. The molecule has 0 saturated carbocycles. The Kier molecular flexibility index (Phi) is 3.72. The minimum Gasteiger partial charge on any atom is -0.394 e. The molecule has 3 atom stereocenters. The Balaban J connectivity index is 3.58. The second kappa shape index (κ2) is 3.79. The van der Waals surface area contributed by atoms with Crippen LogP contribution in [0.1, 0.15) is 6.92 Å². The molecule has 0 rings (SSSR count). The summed E-state index contributed by atoms with van der Waals surface area (Å²) in [5.41, 5.74) is 0. The number of aliphatic hydroxyl groups is 4. The lowest BCUT2D eigenvalue weighted by atomic mass is 10.1. The van der Waals surface area contributed by atoms with Gasteiger partial charge >= 0.3 is 0 Å². The molecule has 0 aliphatic heterocycles. The maximum absolute atomic E-state index is 8.73. The van der Waals surface area contributed by atoms with Crippen LogP contribution in [0.15, 0.2) is 0 Å². The monoisotopic (exact) mass is 136 g/mol. The van der Waals surface area contributed by atoms with Crippen molar-refractivity contribution < 1.29 is 20.4 Å². The zero-order valence-electron chi connectivity index (χ0n) is 5.23. The number of rotatable bonds is 3. The molecule has 0 fully saturated rings. The van der Waals surface area contributed by atoms with E-state index in [2.05, 4.69) is 0 Å². The van der Waals surface area contributed by atoms with Gasteiger partial charge in [0.1, 0.15) is 12.2 Å². The third-order valence-corrected chi connectivity index (χ3v) is 1.08. The summed E-state index contributed by atoms with van der Waals surface area (Å²) >= 11 is 0. The van der Waals surface area contributed by atoms with Gasteiger partial charge in [-0.15, -0.1) is 0 Å². The molecule has 0 radical (unpaired) electrons. The summed E-state index contributed by atoms with van der Waals surface area (Å²) in [6.07, 6.45) is -3.51. The summed E-state index contributed by atoms with van der Waals surface area (Å²) in [5.74, 6) is 0. The third kappa shape index (κ3) is 2.76. The highest BCUT2D eigenvalue weighted by Crippen LogP contribution is 1.97. The van der Waals surface area contributed by atoms with Crippen molar-refractivity contribution in [1.29, 1.82) is 0 Å². The Morgan fingerprint density at radius 3 is 1.78 bits per heavy atom. The summed E-state index contributed by atoms with van der Waals surface area (Å²) in [6, 6.07) is 0. The lowest BCUT2D eigenvalue weighted by Gasteiger charge is -2.17. The molecule has 4 nitrogen and oxygen atoms in total. The first-order valence-electron chi connectivity index (χ1n) is 2.74.